The van der Waals surface area contributed by atoms with Gasteiger partial charge >= 0.3 is 0 Å². The molecular formula is C22H42O6Si. The number of hydrogen-bond acceptors (Lipinski definition) is 6. The summed E-state index contributed by atoms with van der Waals surface area (Å²) >= 11 is 0. The average molecular weight is 431 g/mol. The van der Waals surface area contributed by atoms with Crippen molar-refractivity contribution in [2.75, 3.05) is 6.61 Å². The van der Waals surface area contributed by atoms with Crippen molar-refractivity contribution >= 4 is 8.32 Å². The van der Waals surface area contributed by atoms with E-state index in [2.05, 4.69) is 33.9 Å². The Bertz CT molecular complexity index is 570. The van der Waals surface area contributed by atoms with Gasteiger partial charge in [-0.1, -0.05) is 33.6 Å². The third-order valence-corrected chi connectivity index (χ3v) is 11.2. The summed E-state index contributed by atoms with van der Waals surface area (Å²) in [6.45, 7) is 20.1. The lowest BCUT2D eigenvalue weighted by Gasteiger charge is -2.37. The molecule has 7 heteroatoms. The molecule has 0 aromatic carbocycles. The van der Waals surface area contributed by atoms with Crippen molar-refractivity contribution in [3.05, 3.63) is 0 Å². The highest BCUT2D eigenvalue weighted by atomic mass is 28.4. The topological polar surface area (TPSA) is 55.4 Å². The SMILES string of the molecule is CC1(C)O[C@H]2[C@@H](O1)[C@@H](CCCCCO[Si](C)(C)C(C)(C)C)O[C@@H]1OC(C)(C)O[C@@H]12. The van der Waals surface area contributed by atoms with Gasteiger partial charge in [0.15, 0.2) is 26.2 Å². The van der Waals surface area contributed by atoms with Gasteiger partial charge in [0.2, 0.25) is 0 Å². The fourth-order valence-corrected chi connectivity index (χ4v) is 5.18. The Morgan fingerprint density at radius 1 is 0.793 bits per heavy atom. The molecule has 3 aliphatic rings. The fraction of sp³-hybridized carbons (Fsp3) is 1.00. The largest absolute Gasteiger partial charge is 0.417 e. The zero-order chi connectivity index (χ0) is 21.7. The van der Waals surface area contributed by atoms with Crippen LogP contribution in [0, 0.1) is 0 Å². The summed E-state index contributed by atoms with van der Waals surface area (Å²) in [7, 11) is -1.65. The molecule has 3 rings (SSSR count). The normalized spacial score (nSPS) is 36.1. The maximum atomic E-state index is 6.29. The molecule has 3 saturated heterocycles. The quantitative estimate of drug-likeness (QED) is 0.420. The highest BCUT2D eigenvalue weighted by molar-refractivity contribution is 6.74. The number of rotatable bonds is 7. The molecule has 0 spiro atoms. The third kappa shape index (κ3) is 5.43. The standard InChI is InChI=1S/C22H42O6Si/c1-20(2,3)29(8,9)23-14-12-10-11-13-15-16-17(26-21(4,5)25-16)18-19(24-15)28-22(6,7)27-18/h15-19H,10-14H2,1-9H3/t15-,16+,17+,18-,19-/m1/s1. The van der Waals surface area contributed by atoms with Crippen LogP contribution in [0.1, 0.15) is 74.1 Å². The number of ether oxygens (including phenoxy) is 5. The lowest BCUT2D eigenvalue weighted by Crippen LogP contribution is -2.54. The van der Waals surface area contributed by atoms with Crippen molar-refractivity contribution in [2.24, 2.45) is 0 Å². The second-order valence-corrected chi connectivity index (χ2v) is 16.0. The van der Waals surface area contributed by atoms with Crippen LogP contribution in [-0.2, 0) is 28.1 Å². The van der Waals surface area contributed by atoms with Gasteiger partial charge in [-0.3, -0.25) is 0 Å². The molecule has 0 saturated carbocycles. The van der Waals surface area contributed by atoms with E-state index in [9.17, 15) is 0 Å². The van der Waals surface area contributed by atoms with Crippen molar-refractivity contribution in [2.45, 2.75) is 135 Å². The van der Waals surface area contributed by atoms with Gasteiger partial charge in [-0.15, -0.1) is 0 Å². The van der Waals surface area contributed by atoms with E-state index >= 15 is 0 Å². The maximum absolute atomic E-state index is 6.29. The molecule has 0 aliphatic carbocycles. The van der Waals surface area contributed by atoms with Crippen LogP contribution in [0.15, 0.2) is 0 Å². The van der Waals surface area contributed by atoms with Crippen LogP contribution in [0.5, 0.6) is 0 Å². The predicted molar refractivity (Wildman–Crippen MR) is 114 cm³/mol. The molecule has 0 bridgehead atoms. The molecule has 0 aromatic rings. The van der Waals surface area contributed by atoms with E-state index in [0.717, 1.165) is 32.3 Å². The predicted octanol–water partition coefficient (Wildman–Crippen LogP) is 4.97. The van der Waals surface area contributed by atoms with Gasteiger partial charge in [-0.25, -0.2) is 0 Å². The van der Waals surface area contributed by atoms with Gasteiger partial charge in [0.1, 0.15) is 18.3 Å². The lowest BCUT2D eigenvalue weighted by atomic mass is 9.95. The summed E-state index contributed by atoms with van der Waals surface area (Å²) < 4.78 is 37.0. The van der Waals surface area contributed by atoms with Crippen LogP contribution < -0.4 is 0 Å². The summed E-state index contributed by atoms with van der Waals surface area (Å²) in [5.74, 6) is -1.29. The van der Waals surface area contributed by atoms with Gasteiger partial charge in [-0.2, -0.15) is 0 Å². The first-order chi connectivity index (χ1) is 13.2. The maximum Gasteiger partial charge on any atom is 0.191 e. The van der Waals surface area contributed by atoms with Crippen LogP contribution >= 0.6 is 0 Å². The molecule has 0 unspecified atom stereocenters. The monoisotopic (exact) mass is 430 g/mol. The van der Waals surface area contributed by atoms with E-state index in [1.807, 2.05) is 27.7 Å². The number of unbranched alkanes of at least 4 members (excludes halogenated alkanes) is 2. The average Bonchev–Trinajstić information content (AvgIpc) is 3.03. The molecule has 0 radical (unpaired) electrons. The Balaban J connectivity index is 1.48. The van der Waals surface area contributed by atoms with Crippen molar-refractivity contribution in [1.29, 1.82) is 0 Å². The summed E-state index contributed by atoms with van der Waals surface area (Å²) in [5.41, 5.74) is 0. The molecule has 3 heterocycles. The van der Waals surface area contributed by atoms with Gasteiger partial charge < -0.3 is 28.1 Å². The molecule has 3 aliphatic heterocycles. The molecular weight excluding hydrogens is 388 g/mol. The molecule has 3 fully saturated rings. The molecule has 0 N–H and O–H groups in total. The highest BCUT2D eigenvalue weighted by Crippen LogP contribution is 2.45. The van der Waals surface area contributed by atoms with Gasteiger partial charge in [-0.05, 0) is 58.7 Å². The Labute approximate surface area is 178 Å². The van der Waals surface area contributed by atoms with Crippen LogP contribution in [0.3, 0.4) is 0 Å². The smallest absolute Gasteiger partial charge is 0.191 e. The molecule has 6 nitrogen and oxygen atoms in total. The lowest BCUT2D eigenvalue weighted by molar-refractivity contribution is -0.235. The summed E-state index contributed by atoms with van der Waals surface area (Å²) in [5, 5.41) is 0.262. The van der Waals surface area contributed by atoms with Crippen molar-refractivity contribution in [3.8, 4) is 0 Å². The Morgan fingerprint density at radius 3 is 2.03 bits per heavy atom. The Hall–Kier alpha value is -0.0231. The highest BCUT2D eigenvalue weighted by Gasteiger charge is 2.60. The van der Waals surface area contributed by atoms with E-state index < -0.39 is 26.2 Å². The van der Waals surface area contributed by atoms with Gasteiger partial charge in [0, 0.05) is 6.61 Å². The molecule has 5 atom stereocenters. The third-order valence-electron chi connectivity index (χ3n) is 6.65. The van der Waals surface area contributed by atoms with Gasteiger partial charge in [0.05, 0.1) is 6.10 Å². The number of hydrogen-bond donors (Lipinski definition) is 0. The van der Waals surface area contributed by atoms with Crippen LogP contribution in [-0.4, -0.2) is 57.2 Å². The van der Waals surface area contributed by atoms with Crippen molar-refractivity contribution < 1.29 is 28.1 Å². The number of fused-ring (bicyclic) bond motifs is 3. The zero-order valence-corrected chi connectivity index (χ0v) is 20.9. The summed E-state index contributed by atoms with van der Waals surface area (Å²) in [6, 6.07) is 0. The Morgan fingerprint density at radius 2 is 1.38 bits per heavy atom. The molecule has 0 aromatic heterocycles. The summed E-state index contributed by atoms with van der Waals surface area (Å²) in [6.07, 6.45) is 3.24. The first-order valence-corrected chi connectivity index (χ1v) is 14.1. The second-order valence-electron chi connectivity index (χ2n) is 11.2. The summed E-state index contributed by atoms with van der Waals surface area (Å²) in [4.78, 5) is 0. The second kappa shape index (κ2) is 8.15. The fourth-order valence-electron chi connectivity index (χ4n) is 4.09. The first-order valence-electron chi connectivity index (χ1n) is 11.2. The minimum atomic E-state index is -1.65. The van der Waals surface area contributed by atoms with Gasteiger partial charge in [0.25, 0.3) is 0 Å². The minimum absolute atomic E-state index is 0.0400. The minimum Gasteiger partial charge on any atom is -0.417 e. The van der Waals surface area contributed by atoms with E-state index in [-0.39, 0.29) is 29.5 Å². The van der Waals surface area contributed by atoms with Crippen molar-refractivity contribution in [1.82, 2.24) is 0 Å². The van der Waals surface area contributed by atoms with E-state index in [0.29, 0.717) is 0 Å². The van der Waals surface area contributed by atoms with E-state index in [1.54, 1.807) is 0 Å². The van der Waals surface area contributed by atoms with E-state index in [4.69, 9.17) is 28.1 Å². The molecule has 0 amide bonds. The van der Waals surface area contributed by atoms with Crippen LogP contribution in [0.4, 0.5) is 0 Å². The van der Waals surface area contributed by atoms with Crippen LogP contribution in [0.25, 0.3) is 0 Å². The van der Waals surface area contributed by atoms with Crippen molar-refractivity contribution in [3.63, 3.8) is 0 Å². The zero-order valence-electron chi connectivity index (χ0n) is 19.9. The molecule has 170 valence electrons. The van der Waals surface area contributed by atoms with Crippen LogP contribution in [0.2, 0.25) is 18.1 Å². The van der Waals surface area contributed by atoms with E-state index in [1.165, 1.54) is 0 Å². The molecule has 29 heavy (non-hydrogen) atoms. The Kier molecular flexibility index (Phi) is 6.64. The first kappa shape index (κ1) is 23.6.